The van der Waals surface area contributed by atoms with E-state index in [-0.39, 0.29) is 0 Å². The van der Waals surface area contributed by atoms with Gasteiger partial charge < -0.3 is 9.72 Å². The summed E-state index contributed by atoms with van der Waals surface area (Å²) in [5.74, 6) is -1.21. The van der Waals surface area contributed by atoms with E-state index in [1.54, 1.807) is 10.6 Å². The summed E-state index contributed by atoms with van der Waals surface area (Å²) in [5.41, 5.74) is 5.55. The van der Waals surface area contributed by atoms with Crippen molar-refractivity contribution in [3.63, 3.8) is 0 Å². The summed E-state index contributed by atoms with van der Waals surface area (Å²) in [6.45, 7) is 3.91. The van der Waals surface area contributed by atoms with Crippen LogP contribution in [0.2, 0.25) is 0 Å². The average molecular weight is 368 g/mol. The normalized spacial score (nSPS) is 10.8. The predicted molar refractivity (Wildman–Crippen MR) is 112 cm³/mol. The SMILES string of the molecule is Cc1cc(C)cc(NC(=O)C(=O)c2c(-c3ccccc3)cc3ccccn23)c1. The van der Waals surface area contributed by atoms with Gasteiger partial charge in [0.15, 0.2) is 0 Å². The fraction of sp³-hybridized carbons (Fsp3) is 0.0833. The number of aryl methyl sites for hydroxylation is 2. The third-order valence-corrected chi connectivity index (χ3v) is 4.67. The van der Waals surface area contributed by atoms with E-state index in [1.165, 1.54) is 0 Å². The summed E-state index contributed by atoms with van der Waals surface area (Å²) in [6.07, 6.45) is 1.80. The predicted octanol–water partition coefficient (Wildman–Crippen LogP) is 5.04. The zero-order chi connectivity index (χ0) is 19.7. The van der Waals surface area contributed by atoms with E-state index >= 15 is 0 Å². The Bertz CT molecular complexity index is 1170. The van der Waals surface area contributed by atoms with Crippen molar-refractivity contribution < 1.29 is 9.59 Å². The van der Waals surface area contributed by atoms with Crippen molar-refractivity contribution in [2.24, 2.45) is 0 Å². The number of carbonyl (C=O) groups is 2. The number of ketones is 1. The number of nitrogens with one attached hydrogen (secondary N) is 1. The summed E-state index contributed by atoms with van der Waals surface area (Å²) >= 11 is 0. The average Bonchev–Trinajstić information content (AvgIpc) is 3.06. The van der Waals surface area contributed by atoms with Crippen molar-refractivity contribution in [1.29, 1.82) is 0 Å². The highest BCUT2D eigenvalue weighted by atomic mass is 16.2. The van der Waals surface area contributed by atoms with Crippen molar-refractivity contribution in [2.45, 2.75) is 13.8 Å². The Morgan fingerprint density at radius 1 is 0.821 bits per heavy atom. The zero-order valence-corrected chi connectivity index (χ0v) is 15.8. The Morgan fingerprint density at radius 3 is 2.21 bits per heavy atom. The number of fused-ring (bicyclic) bond motifs is 1. The first-order valence-corrected chi connectivity index (χ1v) is 9.12. The van der Waals surface area contributed by atoms with Crippen molar-refractivity contribution in [2.75, 3.05) is 5.32 Å². The minimum atomic E-state index is -0.647. The summed E-state index contributed by atoms with van der Waals surface area (Å²) in [5, 5.41) is 2.75. The van der Waals surface area contributed by atoms with E-state index in [4.69, 9.17) is 0 Å². The molecule has 4 aromatic rings. The lowest BCUT2D eigenvalue weighted by Crippen LogP contribution is -2.24. The molecule has 28 heavy (non-hydrogen) atoms. The van der Waals surface area contributed by atoms with Crippen LogP contribution in [0.4, 0.5) is 5.69 Å². The van der Waals surface area contributed by atoms with Gasteiger partial charge in [0.05, 0.1) is 0 Å². The van der Waals surface area contributed by atoms with E-state index in [0.29, 0.717) is 11.4 Å². The number of Topliss-reactive ketones (excluding diaryl/α,β-unsaturated/α-hetero) is 1. The number of anilines is 1. The second-order valence-electron chi connectivity index (χ2n) is 6.93. The Labute approximate surface area is 163 Å². The number of amides is 1. The molecule has 4 heteroatoms. The molecule has 1 N–H and O–H groups in total. The molecule has 0 aliphatic carbocycles. The standard InChI is InChI=1S/C24H20N2O2/c1-16-12-17(2)14-19(13-16)25-24(28)23(27)22-21(18-8-4-3-5-9-18)15-20-10-6-7-11-26(20)22/h3-15H,1-2H3,(H,25,28). The van der Waals surface area contributed by atoms with Gasteiger partial charge in [-0.05, 0) is 60.9 Å². The highest BCUT2D eigenvalue weighted by molar-refractivity contribution is 6.47. The maximum Gasteiger partial charge on any atom is 0.298 e. The van der Waals surface area contributed by atoms with Gasteiger partial charge in [0, 0.05) is 23.0 Å². The molecule has 2 heterocycles. The second-order valence-corrected chi connectivity index (χ2v) is 6.93. The van der Waals surface area contributed by atoms with E-state index in [2.05, 4.69) is 5.32 Å². The number of hydrogen-bond acceptors (Lipinski definition) is 2. The summed E-state index contributed by atoms with van der Waals surface area (Å²) in [7, 11) is 0. The molecular weight excluding hydrogens is 348 g/mol. The van der Waals surface area contributed by atoms with Crippen LogP contribution in [0.15, 0.2) is 79.0 Å². The van der Waals surface area contributed by atoms with Crippen molar-refractivity contribution in [3.05, 3.63) is 95.8 Å². The van der Waals surface area contributed by atoms with E-state index < -0.39 is 11.7 Å². The third kappa shape index (κ3) is 3.32. The number of carbonyl (C=O) groups excluding carboxylic acids is 2. The van der Waals surface area contributed by atoms with E-state index in [9.17, 15) is 9.59 Å². The van der Waals surface area contributed by atoms with Gasteiger partial charge in [-0.3, -0.25) is 9.59 Å². The molecule has 0 atom stereocenters. The highest BCUT2D eigenvalue weighted by Gasteiger charge is 2.24. The molecule has 0 saturated carbocycles. The molecule has 0 aliphatic heterocycles. The smallest absolute Gasteiger partial charge is 0.298 e. The minimum Gasteiger partial charge on any atom is -0.319 e. The molecule has 0 saturated heterocycles. The lowest BCUT2D eigenvalue weighted by molar-refractivity contribution is -0.112. The van der Waals surface area contributed by atoms with Crippen LogP contribution in [0.3, 0.4) is 0 Å². The Kier molecular flexibility index (Phi) is 4.53. The summed E-state index contributed by atoms with van der Waals surface area (Å²) in [6, 6.07) is 23.0. The van der Waals surface area contributed by atoms with Crippen molar-refractivity contribution in [3.8, 4) is 11.1 Å². The van der Waals surface area contributed by atoms with Crippen LogP contribution in [0.25, 0.3) is 16.6 Å². The fourth-order valence-corrected chi connectivity index (χ4v) is 3.54. The molecule has 0 fully saturated rings. The molecule has 4 rings (SSSR count). The van der Waals surface area contributed by atoms with Gasteiger partial charge in [0.25, 0.3) is 11.7 Å². The number of pyridine rings is 1. The molecule has 138 valence electrons. The molecular formula is C24H20N2O2. The Balaban J connectivity index is 1.77. The van der Waals surface area contributed by atoms with E-state index in [1.807, 2.05) is 86.6 Å². The number of nitrogens with zero attached hydrogens (tertiary/aromatic N) is 1. The van der Waals surface area contributed by atoms with Gasteiger partial charge in [-0.1, -0.05) is 42.5 Å². The maximum atomic E-state index is 13.2. The van der Waals surface area contributed by atoms with Gasteiger partial charge >= 0.3 is 0 Å². The molecule has 0 spiro atoms. The van der Waals surface area contributed by atoms with Gasteiger partial charge in [-0.2, -0.15) is 0 Å². The van der Waals surface area contributed by atoms with Crippen LogP contribution in [-0.4, -0.2) is 16.1 Å². The first-order chi connectivity index (χ1) is 13.5. The number of aromatic nitrogens is 1. The number of benzene rings is 2. The van der Waals surface area contributed by atoms with E-state index in [0.717, 1.165) is 27.8 Å². The van der Waals surface area contributed by atoms with Crippen LogP contribution >= 0.6 is 0 Å². The first kappa shape index (κ1) is 17.7. The molecule has 2 aromatic carbocycles. The van der Waals surface area contributed by atoms with Crippen LogP contribution in [0.5, 0.6) is 0 Å². The molecule has 0 bridgehead atoms. The molecule has 4 nitrogen and oxygen atoms in total. The van der Waals surface area contributed by atoms with Crippen LogP contribution in [0, 0.1) is 13.8 Å². The largest absolute Gasteiger partial charge is 0.319 e. The number of hydrogen-bond donors (Lipinski definition) is 1. The fourth-order valence-electron chi connectivity index (χ4n) is 3.54. The van der Waals surface area contributed by atoms with Gasteiger partial charge in [-0.15, -0.1) is 0 Å². The topological polar surface area (TPSA) is 50.6 Å². The van der Waals surface area contributed by atoms with Gasteiger partial charge in [0.2, 0.25) is 0 Å². The Hall–Kier alpha value is -3.66. The monoisotopic (exact) mass is 368 g/mol. The van der Waals surface area contributed by atoms with Crippen LogP contribution < -0.4 is 5.32 Å². The third-order valence-electron chi connectivity index (χ3n) is 4.67. The molecule has 0 unspecified atom stereocenters. The minimum absolute atomic E-state index is 0.365. The van der Waals surface area contributed by atoms with Crippen molar-refractivity contribution in [1.82, 2.24) is 4.40 Å². The molecule has 0 aliphatic rings. The zero-order valence-electron chi connectivity index (χ0n) is 15.8. The summed E-state index contributed by atoms with van der Waals surface area (Å²) in [4.78, 5) is 25.9. The molecule has 2 aromatic heterocycles. The molecule has 1 amide bonds. The lowest BCUT2D eigenvalue weighted by Gasteiger charge is -2.09. The van der Waals surface area contributed by atoms with Crippen LogP contribution in [-0.2, 0) is 4.79 Å². The highest BCUT2D eigenvalue weighted by Crippen LogP contribution is 2.28. The Morgan fingerprint density at radius 2 is 1.50 bits per heavy atom. The maximum absolute atomic E-state index is 13.2. The number of rotatable bonds is 4. The van der Waals surface area contributed by atoms with Crippen LogP contribution in [0.1, 0.15) is 21.6 Å². The first-order valence-electron chi connectivity index (χ1n) is 9.12. The van der Waals surface area contributed by atoms with Crippen molar-refractivity contribution >= 4 is 22.9 Å². The second kappa shape index (κ2) is 7.16. The lowest BCUT2D eigenvalue weighted by atomic mass is 10.0. The van der Waals surface area contributed by atoms with Gasteiger partial charge in [0.1, 0.15) is 5.69 Å². The van der Waals surface area contributed by atoms with Gasteiger partial charge in [-0.25, -0.2) is 0 Å². The summed E-state index contributed by atoms with van der Waals surface area (Å²) < 4.78 is 1.77. The quantitative estimate of drug-likeness (QED) is 0.405. The molecule has 0 radical (unpaired) electrons.